The van der Waals surface area contributed by atoms with Gasteiger partial charge in [0.25, 0.3) is 0 Å². The molecular weight excluding hydrogens is 342 g/mol. The van der Waals surface area contributed by atoms with Crippen LogP contribution >= 0.6 is 11.6 Å². The van der Waals surface area contributed by atoms with Gasteiger partial charge in [0, 0.05) is 0 Å². The Morgan fingerprint density at radius 1 is 1.12 bits per heavy atom. The Hall–Kier alpha value is -2.40. The number of carbonyl (C=O) groups excluding carboxylic acids is 1. The fourth-order valence-corrected chi connectivity index (χ4v) is 2.57. The number of amides is 1. The monoisotopic (exact) mass is 363 g/mol. The highest BCUT2D eigenvalue weighted by Crippen LogP contribution is 2.32. The topological polar surface area (TPSA) is 56.8 Å². The lowest BCUT2D eigenvalue weighted by atomic mass is 10.1. The van der Waals surface area contributed by atoms with E-state index in [4.69, 9.17) is 21.1 Å². The molecule has 0 heterocycles. The molecule has 0 aliphatic rings. The van der Waals surface area contributed by atoms with Crippen LogP contribution in [0.5, 0.6) is 11.5 Å². The number of hydrogen-bond donors (Lipinski definition) is 1. The maximum Gasteiger partial charge on any atom is 0.411 e. The van der Waals surface area contributed by atoms with Crippen molar-refractivity contribution in [2.75, 3.05) is 19.0 Å². The van der Waals surface area contributed by atoms with Crippen molar-refractivity contribution >= 4 is 23.4 Å². The minimum Gasteiger partial charge on any atom is -0.493 e. The lowest BCUT2D eigenvalue weighted by Crippen LogP contribution is -2.14. The van der Waals surface area contributed by atoms with Crippen molar-refractivity contribution in [2.24, 2.45) is 0 Å². The number of methoxy groups -OCH3 is 1. The minimum atomic E-state index is -0.556. The highest BCUT2D eigenvalue weighted by Gasteiger charge is 2.14. The molecule has 0 radical (unpaired) electrons. The molecule has 0 atom stereocenters. The third-order valence-corrected chi connectivity index (χ3v) is 4.07. The second kappa shape index (κ2) is 8.62. The van der Waals surface area contributed by atoms with E-state index < -0.39 is 6.09 Å². The van der Waals surface area contributed by atoms with Crippen molar-refractivity contribution in [2.45, 2.75) is 27.4 Å². The second-order valence-corrected chi connectivity index (χ2v) is 5.89. The summed E-state index contributed by atoms with van der Waals surface area (Å²) in [4.78, 5) is 11.6. The highest BCUT2D eigenvalue weighted by atomic mass is 35.5. The average Bonchev–Trinajstić information content (AvgIpc) is 2.58. The van der Waals surface area contributed by atoms with Gasteiger partial charge in [-0.05, 0) is 56.2 Å². The summed E-state index contributed by atoms with van der Waals surface area (Å²) < 4.78 is 16.2. The van der Waals surface area contributed by atoms with Gasteiger partial charge < -0.3 is 14.2 Å². The minimum absolute atomic E-state index is 0.192. The lowest BCUT2D eigenvalue weighted by molar-refractivity contribution is 0.187. The van der Waals surface area contributed by atoms with E-state index in [0.717, 1.165) is 11.1 Å². The van der Waals surface area contributed by atoms with E-state index in [9.17, 15) is 4.79 Å². The van der Waals surface area contributed by atoms with E-state index in [-0.39, 0.29) is 6.61 Å². The van der Waals surface area contributed by atoms with E-state index in [1.807, 2.05) is 39.0 Å². The highest BCUT2D eigenvalue weighted by molar-refractivity contribution is 6.32. The van der Waals surface area contributed by atoms with Gasteiger partial charge in [-0.3, -0.25) is 5.32 Å². The summed E-state index contributed by atoms with van der Waals surface area (Å²) in [6, 6.07) is 9.15. The Balaban J connectivity index is 2.30. The van der Waals surface area contributed by atoms with Gasteiger partial charge in [0.15, 0.2) is 0 Å². The Bertz CT molecular complexity index is 761. The largest absolute Gasteiger partial charge is 0.493 e. The molecule has 5 nitrogen and oxygen atoms in total. The first kappa shape index (κ1) is 18.9. The molecule has 2 aromatic rings. The molecule has 134 valence electrons. The normalized spacial score (nSPS) is 10.3. The van der Waals surface area contributed by atoms with Gasteiger partial charge in [-0.1, -0.05) is 17.7 Å². The van der Waals surface area contributed by atoms with Crippen LogP contribution in [-0.4, -0.2) is 19.8 Å². The molecule has 0 aliphatic carbocycles. The molecule has 1 N–H and O–H groups in total. The van der Waals surface area contributed by atoms with E-state index >= 15 is 0 Å². The van der Waals surface area contributed by atoms with Crippen LogP contribution in [0.15, 0.2) is 30.3 Å². The molecule has 6 heteroatoms. The Labute approximate surface area is 152 Å². The van der Waals surface area contributed by atoms with Crippen molar-refractivity contribution in [3.63, 3.8) is 0 Å². The van der Waals surface area contributed by atoms with Gasteiger partial charge in [-0.15, -0.1) is 0 Å². The summed E-state index contributed by atoms with van der Waals surface area (Å²) in [7, 11) is 1.31. The first-order chi connectivity index (χ1) is 12.0. The van der Waals surface area contributed by atoms with Gasteiger partial charge in [-0.2, -0.15) is 0 Å². The third-order valence-electron chi connectivity index (χ3n) is 3.78. The van der Waals surface area contributed by atoms with Crippen LogP contribution < -0.4 is 14.8 Å². The number of hydrogen-bond acceptors (Lipinski definition) is 4. The van der Waals surface area contributed by atoms with Crippen LogP contribution in [0.4, 0.5) is 10.5 Å². The first-order valence-electron chi connectivity index (χ1n) is 7.95. The fourth-order valence-electron chi connectivity index (χ4n) is 2.30. The molecule has 0 saturated carbocycles. The van der Waals surface area contributed by atoms with Gasteiger partial charge in [0.2, 0.25) is 0 Å². The molecule has 2 aromatic carbocycles. The molecule has 0 aromatic heterocycles. The second-order valence-electron chi connectivity index (χ2n) is 5.49. The zero-order valence-corrected chi connectivity index (χ0v) is 15.6. The fraction of sp³-hybridized carbons (Fsp3) is 0.316. The Kier molecular flexibility index (Phi) is 6.53. The number of benzene rings is 2. The smallest absolute Gasteiger partial charge is 0.411 e. The van der Waals surface area contributed by atoms with Crippen molar-refractivity contribution in [1.29, 1.82) is 0 Å². The quantitative estimate of drug-likeness (QED) is 0.774. The molecule has 1 amide bonds. The average molecular weight is 364 g/mol. The van der Waals surface area contributed by atoms with Gasteiger partial charge in [-0.25, -0.2) is 4.79 Å². The molecular formula is C19H22ClNO4. The Morgan fingerprint density at radius 3 is 2.52 bits per heavy atom. The summed E-state index contributed by atoms with van der Waals surface area (Å²) in [5.74, 6) is 1.22. The molecule has 0 bridgehead atoms. The summed E-state index contributed by atoms with van der Waals surface area (Å²) in [6.07, 6.45) is -0.556. The number of rotatable bonds is 6. The lowest BCUT2D eigenvalue weighted by Gasteiger charge is -2.17. The maximum absolute atomic E-state index is 11.6. The van der Waals surface area contributed by atoms with Crippen molar-refractivity contribution in [3.8, 4) is 11.5 Å². The van der Waals surface area contributed by atoms with E-state index in [0.29, 0.717) is 34.4 Å². The molecule has 0 spiro atoms. The summed E-state index contributed by atoms with van der Waals surface area (Å²) in [6.45, 7) is 6.58. The molecule has 25 heavy (non-hydrogen) atoms. The molecule has 0 fully saturated rings. The third kappa shape index (κ3) is 4.79. The van der Waals surface area contributed by atoms with Crippen LogP contribution in [0.3, 0.4) is 0 Å². The number of halogens is 1. The number of anilines is 1. The number of nitrogens with one attached hydrogen (secondary N) is 1. The van der Waals surface area contributed by atoms with E-state index in [2.05, 4.69) is 10.1 Å². The standard InChI is InChI=1S/C19H22ClNO4/c1-5-24-17-8-6-7-16(21-19(22)23-4)14(17)11-25-18-10-13(3)12(2)9-15(18)20/h6-10H,5,11H2,1-4H3,(H,21,22). The van der Waals surface area contributed by atoms with Crippen LogP contribution in [0.1, 0.15) is 23.6 Å². The van der Waals surface area contributed by atoms with Gasteiger partial charge >= 0.3 is 6.09 Å². The first-order valence-corrected chi connectivity index (χ1v) is 8.33. The van der Waals surface area contributed by atoms with Crippen molar-refractivity contribution < 1.29 is 19.0 Å². The van der Waals surface area contributed by atoms with E-state index in [1.54, 1.807) is 12.1 Å². The zero-order valence-electron chi connectivity index (χ0n) is 14.8. The number of carbonyl (C=O) groups is 1. The molecule has 2 rings (SSSR count). The van der Waals surface area contributed by atoms with Crippen molar-refractivity contribution in [3.05, 3.63) is 52.0 Å². The van der Waals surface area contributed by atoms with Crippen LogP contribution in [0.25, 0.3) is 0 Å². The molecule has 0 unspecified atom stereocenters. The molecule has 0 saturated heterocycles. The summed E-state index contributed by atoms with van der Waals surface area (Å²) >= 11 is 6.27. The molecule has 0 aliphatic heterocycles. The van der Waals surface area contributed by atoms with Crippen molar-refractivity contribution in [1.82, 2.24) is 0 Å². The predicted octanol–water partition coefficient (Wildman–Crippen LogP) is 5.11. The van der Waals surface area contributed by atoms with Crippen LogP contribution in [0, 0.1) is 13.8 Å². The van der Waals surface area contributed by atoms with Crippen LogP contribution in [0.2, 0.25) is 5.02 Å². The van der Waals surface area contributed by atoms with Gasteiger partial charge in [0.05, 0.1) is 30.0 Å². The van der Waals surface area contributed by atoms with Crippen LogP contribution in [-0.2, 0) is 11.3 Å². The maximum atomic E-state index is 11.6. The SMILES string of the molecule is CCOc1cccc(NC(=O)OC)c1COc1cc(C)c(C)cc1Cl. The van der Waals surface area contributed by atoms with E-state index in [1.165, 1.54) is 7.11 Å². The number of aryl methyl sites for hydroxylation is 2. The summed E-state index contributed by atoms with van der Waals surface area (Å²) in [5, 5.41) is 3.22. The Morgan fingerprint density at radius 2 is 1.84 bits per heavy atom. The zero-order chi connectivity index (χ0) is 18.4. The van der Waals surface area contributed by atoms with Gasteiger partial charge in [0.1, 0.15) is 18.1 Å². The number of ether oxygens (including phenoxy) is 3. The summed E-state index contributed by atoms with van der Waals surface area (Å²) in [5.41, 5.74) is 3.47. The predicted molar refractivity (Wildman–Crippen MR) is 98.9 cm³/mol.